The summed E-state index contributed by atoms with van der Waals surface area (Å²) in [6.45, 7) is 23.8. The summed E-state index contributed by atoms with van der Waals surface area (Å²) in [7, 11) is -6.09. The molecule has 0 aliphatic rings. The molecule has 0 saturated carbocycles. The van der Waals surface area contributed by atoms with Crippen LogP contribution < -0.4 is 0 Å². The Morgan fingerprint density at radius 1 is 0.438 bits per heavy atom. The number of benzene rings is 6. The molecule has 0 aliphatic heterocycles. The number of pyridine rings is 3. The number of nitrogens with zero attached hydrogens (tertiary/aromatic N) is 3. The largest absolute Gasteiger partial charge is 0.741 e. The van der Waals surface area contributed by atoms with Gasteiger partial charge in [0.15, 0.2) is 10.1 Å². The van der Waals surface area contributed by atoms with Gasteiger partial charge < -0.3 is 24.7 Å². The minimum absolute atomic E-state index is 0. The number of hydrogen-bond donors (Lipinski definition) is 2. The second-order valence-corrected chi connectivity index (χ2v) is 20.6. The number of hydrogen-bond acceptors (Lipinski definition) is 8. The molecular formula is C66H69F3Ir2N3O5S-3. The van der Waals surface area contributed by atoms with E-state index in [-0.39, 0.29) is 52.4 Å². The standard InChI is InChI=1S/C20H19N.C20H18N.C19H16N.2C3H8O.CHF3O3S.2Ir/c1-14-6-4-8-17(10-14)19-13-21-20(12-16(19)3)18-9-5-7-15(2)11-18;1-14-7-6-9-17(11-14)20-12-16(3)19(13-21-20)18-10-5-4-8-15(18)2;1-14-7-6-10-17(11-14)19-12-15(2)18(13-20-19)16-8-4-3-5-9-16;2*1-3(2)4;2-1(3,4)8(5,6)7;;/h4-13H,1-3H3;4-8,10-13H,1-3H3;3-9,11-13H,1-2H3;2*3-4H,1-2H3;(H,5,6,7);;/q;2*-1;;;;;/p-1. The molecule has 0 fully saturated rings. The van der Waals surface area contributed by atoms with Crippen molar-refractivity contribution in [3.63, 3.8) is 0 Å². The first-order valence-corrected chi connectivity index (χ1v) is 26.7. The summed E-state index contributed by atoms with van der Waals surface area (Å²) < 4.78 is 58.9. The molecule has 9 rings (SSSR count). The minimum atomic E-state index is -6.09. The fourth-order valence-electron chi connectivity index (χ4n) is 7.57. The van der Waals surface area contributed by atoms with Crippen LogP contribution in [-0.4, -0.2) is 55.9 Å². The molecule has 3 aromatic heterocycles. The number of aromatic nitrogens is 3. The Balaban J connectivity index is 0.000000357. The maximum absolute atomic E-state index is 10.7. The first kappa shape index (κ1) is 69.8. The van der Waals surface area contributed by atoms with E-state index >= 15 is 0 Å². The van der Waals surface area contributed by atoms with Crippen molar-refractivity contribution >= 4 is 10.1 Å². The summed E-state index contributed by atoms with van der Waals surface area (Å²) in [5.74, 6) is 0. The molecule has 0 atom stereocenters. The first-order chi connectivity index (χ1) is 36.7. The molecule has 8 nitrogen and oxygen atoms in total. The van der Waals surface area contributed by atoms with Gasteiger partial charge in [0.2, 0.25) is 0 Å². The zero-order valence-corrected chi connectivity index (χ0v) is 52.7. The maximum atomic E-state index is 10.7. The zero-order chi connectivity index (χ0) is 57.7. The summed E-state index contributed by atoms with van der Waals surface area (Å²) in [6, 6.07) is 61.0. The van der Waals surface area contributed by atoms with Gasteiger partial charge in [-0.25, -0.2) is 8.42 Å². The number of rotatable bonds is 6. The third-order valence-corrected chi connectivity index (χ3v) is 11.8. The van der Waals surface area contributed by atoms with Crippen LogP contribution >= 0.6 is 0 Å². The van der Waals surface area contributed by atoms with E-state index < -0.39 is 15.6 Å². The van der Waals surface area contributed by atoms with Crippen LogP contribution in [0.4, 0.5) is 13.2 Å². The van der Waals surface area contributed by atoms with Crippen molar-refractivity contribution in [2.24, 2.45) is 0 Å². The fraction of sp³-hybridized carbons (Fsp3) is 0.227. The van der Waals surface area contributed by atoms with E-state index in [0.29, 0.717) is 0 Å². The Bertz CT molecular complexity index is 3460. The summed E-state index contributed by atoms with van der Waals surface area (Å²) in [4.78, 5) is 13.9. The van der Waals surface area contributed by atoms with Crippen molar-refractivity contribution in [2.75, 3.05) is 0 Å². The second kappa shape index (κ2) is 33.4. The van der Waals surface area contributed by atoms with Gasteiger partial charge in [-0.05, 0) is 132 Å². The monoisotopic (exact) mass is 1460 g/mol. The van der Waals surface area contributed by atoms with Crippen LogP contribution in [0.2, 0.25) is 0 Å². The third-order valence-electron chi connectivity index (χ3n) is 11.2. The van der Waals surface area contributed by atoms with Gasteiger partial charge in [-0.15, -0.1) is 70.8 Å². The maximum Gasteiger partial charge on any atom is 0.485 e. The molecule has 0 spiro atoms. The van der Waals surface area contributed by atoms with Crippen LogP contribution in [0.3, 0.4) is 0 Å². The molecule has 2 radical (unpaired) electrons. The van der Waals surface area contributed by atoms with Crippen LogP contribution in [0, 0.1) is 67.5 Å². The number of aryl methyl sites for hydroxylation is 8. The van der Waals surface area contributed by atoms with Crippen LogP contribution in [0.1, 0.15) is 72.2 Å². The summed E-state index contributed by atoms with van der Waals surface area (Å²) in [6.07, 6.45) is 5.58. The van der Waals surface area contributed by atoms with Crippen molar-refractivity contribution in [3.8, 4) is 67.2 Å². The van der Waals surface area contributed by atoms with Gasteiger partial charge in [0, 0.05) is 93.3 Å². The Morgan fingerprint density at radius 3 is 1.20 bits per heavy atom. The normalized spacial score (nSPS) is 10.5. The number of aliphatic hydroxyl groups is 2. The SMILES string of the molecule is CC(C)O.CC(C)O.Cc1cc[c-]c(-c2cc(C)c(-c3ccccc3)cn2)c1.Cc1cc[c-]c(-c2cc(C)c(-c3ccccc3C)cn2)c1.Cc1cccc(-c2cc(C)c(-c3cccc(C)c3)cn2)c1.O=S(=O)([O-])C(F)(F)F.[Ir].[Ir]. The quantitative estimate of drug-likeness (QED) is 0.0954. The molecule has 0 unspecified atom stereocenters. The van der Waals surface area contributed by atoms with E-state index in [1.54, 1.807) is 27.7 Å². The van der Waals surface area contributed by atoms with Crippen molar-refractivity contribution < 1.29 is 76.6 Å². The summed E-state index contributed by atoms with van der Waals surface area (Å²) >= 11 is 0. The minimum Gasteiger partial charge on any atom is -0.741 e. The Morgan fingerprint density at radius 2 is 0.787 bits per heavy atom. The Hall–Kier alpha value is -6.31. The molecule has 2 N–H and O–H groups in total. The average molecular weight is 1460 g/mol. The average Bonchev–Trinajstić information content (AvgIpc) is 3.36. The molecule has 6 aromatic carbocycles. The molecule has 0 aliphatic carbocycles. The van der Waals surface area contributed by atoms with E-state index in [2.05, 4.69) is 222 Å². The number of halogens is 3. The third kappa shape index (κ3) is 23.0. The molecule has 80 heavy (non-hydrogen) atoms. The van der Waals surface area contributed by atoms with E-state index in [4.69, 9.17) is 23.2 Å². The van der Waals surface area contributed by atoms with Crippen molar-refractivity contribution in [1.82, 2.24) is 15.0 Å². The van der Waals surface area contributed by atoms with Crippen LogP contribution in [0.15, 0.2) is 176 Å². The Labute approximate surface area is 499 Å². The van der Waals surface area contributed by atoms with Gasteiger partial charge in [0.05, 0.1) is 5.69 Å². The predicted octanol–water partition coefficient (Wildman–Crippen LogP) is 16.1. The smallest absolute Gasteiger partial charge is 0.485 e. The van der Waals surface area contributed by atoms with Gasteiger partial charge in [-0.1, -0.05) is 134 Å². The Kier molecular flexibility index (Phi) is 29.2. The van der Waals surface area contributed by atoms with Crippen molar-refractivity contribution in [1.29, 1.82) is 0 Å². The first-order valence-electron chi connectivity index (χ1n) is 25.2. The second-order valence-electron chi connectivity index (χ2n) is 19.2. The van der Waals surface area contributed by atoms with Crippen LogP contribution in [0.5, 0.6) is 0 Å². The van der Waals surface area contributed by atoms with Gasteiger partial charge in [-0.3, -0.25) is 4.98 Å². The molecule has 0 amide bonds. The van der Waals surface area contributed by atoms with E-state index in [1.807, 2.05) is 36.8 Å². The molecule has 14 heteroatoms. The van der Waals surface area contributed by atoms with Gasteiger partial charge in [-0.2, -0.15) is 13.2 Å². The molecule has 0 bridgehead atoms. The van der Waals surface area contributed by atoms with Gasteiger partial charge in [0.25, 0.3) is 0 Å². The van der Waals surface area contributed by atoms with Crippen molar-refractivity contribution in [3.05, 3.63) is 233 Å². The summed E-state index contributed by atoms with van der Waals surface area (Å²) in [5, 5.41) is 16.1. The summed E-state index contributed by atoms with van der Waals surface area (Å²) in [5.41, 5.74) is 17.9. The molecule has 0 saturated heterocycles. The molecule has 3 heterocycles. The number of alkyl halides is 3. The van der Waals surface area contributed by atoms with E-state index in [0.717, 1.165) is 28.2 Å². The van der Waals surface area contributed by atoms with Crippen molar-refractivity contribution in [2.45, 2.75) is 101 Å². The van der Waals surface area contributed by atoms with Gasteiger partial charge >= 0.3 is 5.51 Å². The molecule has 426 valence electrons. The molecular weight excluding hydrogens is 1390 g/mol. The van der Waals surface area contributed by atoms with E-state index in [9.17, 15) is 13.2 Å². The van der Waals surface area contributed by atoms with E-state index in [1.165, 1.54) is 83.5 Å². The van der Waals surface area contributed by atoms with Crippen LogP contribution in [0.25, 0.3) is 67.2 Å². The van der Waals surface area contributed by atoms with Gasteiger partial charge in [0.1, 0.15) is 0 Å². The predicted molar refractivity (Wildman–Crippen MR) is 311 cm³/mol. The molecule has 9 aromatic rings. The topological polar surface area (TPSA) is 136 Å². The zero-order valence-electron chi connectivity index (χ0n) is 47.1. The number of aliphatic hydroxyl groups excluding tert-OH is 2. The fourth-order valence-corrected chi connectivity index (χ4v) is 7.57. The van der Waals surface area contributed by atoms with Crippen LogP contribution in [-0.2, 0) is 50.3 Å².